The standard InChI is InChI=1S/C8H14N2O2/c1-3-7(12-2)8-9-4-6(5-11)10-8/h4,7,11H,3,5H2,1-2H3,(H,9,10). The molecule has 4 heteroatoms. The molecule has 4 nitrogen and oxygen atoms in total. The molecular weight excluding hydrogens is 156 g/mol. The summed E-state index contributed by atoms with van der Waals surface area (Å²) in [6.07, 6.45) is 2.50. The Balaban J connectivity index is 2.72. The summed E-state index contributed by atoms with van der Waals surface area (Å²) in [6, 6.07) is 0. The first kappa shape index (κ1) is 9.22. The molecule has 0 aliphatic rings. The molecule has 1 aromatic heterocycles. The Morgan fingerprint density at radius 2 is 2.50 bits per heavy atom. The highest BCUT2D eigenvalue weighted by Crippen LogP contribution is 2.16. The van der Waals surface area contributed by atoms with E-state index in [1.165, 1.54) is 0 Å². The van der Waals surface area contributed by atoms with Gasteiger partial charge in [0.2, 0.25) is 0 Å². The first-order chi connectivity index (χ1) is 5.81. The Hall–Kier alpha value is -0.870. The molecule has 0 amide bonds. The first-order valence-electron chi connectivity index (χ1n) is 3.99. The molecule has 1 rings (SSSR count). The van der Waals surface area contributed by atoms with Gasteiger partial charge in [-0.1, -0.05) is 6.92 Å². The maximum atomic E-state index is 8.77. The van der Waals surface area contributed by atoms with Gasteiger partial charge in [-0.05, 0) is 6.42 Å². The van der Waals surface area contributed by atoms with Gasteiger partial charge in [0, 0.05) is 7.11 Å². The molecule has 1 heterocycles. The Morgan fingerprint density at radius 1 is 1.75 bits per heavy atom. The van der Waals surface area contributed by atoms with Crippen LogP contribution < -0.4 is 0 Å². The molecule has 0 bridgehead atoms. The zero-order chi connectivity index (χ0) is 8.97. The van der Waals surface area contributed by atoms with Crippen molar-refractivity contribution in [1.29, 1.82) is 0 Å². The molecule has 2 N–H and O–H groups in total. The molecule has 1 unspecified atom stereocenters. The number of methoxy groups -OCH3 is 1. The van der Waals surface area contributed by atoms with Crippen LogP contribution in [0.1, 0.15) is 31.0 Å². The van der Waals surface area contributed by atoms with Crippen LogP contribution in [0, 0.1) is 0 Å². The van der Waals surface area contributed by atoms with Gasteiger partial charge in [0.05, 0.1) is 18.5 Å². The highest BCUT2D eigenvalue weighted by molar-refractivity contribution is 5.02. The molecule has 0 saturated carbocycles. The SMILES string of the molecule is CCC(OC)c1ncc(CO)[nH]1. The van der Waals surface area contributed by atoms with Crippen LogP contribution >= 0.6 is 0 Å². The molecule has 0 aliphatic heterocycles. The van der Waals surface area contributed by atoms with Crippen molar-refractivity contribution in [2.75, 3.05) is 7.11 Å². The lowest BCUT2D eigenvalue weighted by atomic mass is 10.3. The second kappa shape index (κ2) is 4.23. The van der Waals surface area contributed by atoms with Crippen LogP contribution in [-0.4, -0.2) is 22.2 Å². The van der Waals surface area contributed by atoms with E-state index in [0.717, 1.165) is 17.9 Å². The van der Waals surface area contributed by atoms with Crippen LogP contribution in [0.3, 0.4) is 0 Å². The maximum absolute atomic E-state index is 8.77. The number of aliphatic hydroxyl groups excluding tert-OH is 1. The Kier molecular flexibility index (Phi) is 3.25. The van der Waals surface area contributed by atoms with E-state index in [-0.39, 0.29) is 12.7 Å². The van der Waals surface area contributed by atoms with Crippen molar-refractivity contribution in [1.82, 2.24) is 9.97 Å². The summed E-state index contributed by atoms with van der Waals surface area (Å²) in [5.41, 5.74) is 0.723. The smallest absolute Gasteiger partial charge is 0.135 e. The average Bonchev–Trinajstić information content (AvgIpc) is 2.55. The van der Waals surface area contributed by atoms with Crippen LogP contribution in [0.15, 0.2) is 6.20 Å². The van der Waals surface area contributed by atoms with Crippen molar-refractivity contribution in [2.24, 2.45) is 0 Å². The minimum Gasteiger partial charge on any atom is -0.390 e. The van der Waals surface area contributed by atoms with Gasteiger partial charge in [0.1, 0.15) is 11.9 Å². The molecule has 0 spiro atoms. The van der Waals surface area contributed by atoms with E-state index >= 15 is 0 Å². The van der Waals surface area contributed by atoms with Crippen molar-refractivity contribution in [3.63, 3.8) is 0 Å². The molecule has 0 saturated heterocycles. The molecular formula is C8H14N2O2. The number of hydrogen-bond donors (Lipinski definition) is 2. The van der Waals surface area contributed by atoms with Crippen molar-refractivity contribution in [3.8, 4) is 0 Å². The van der Waals surface area contributed by atoms with E-state index in [1.54, 1.807) is 13.3 Å². The predicted octanol–water partition coefficient (Wildman–Crippen LogP) is 0.999. The lowest BCUT2D eigenvalue weighted by Crippen LogP contribution is -2.01. The minimum absolute atomic E-state index is 0.00491. The molecule has 0 radical (unpaired) electrons. The van der Waals surface area contributed by atoms with Crippen LogP contribution in [-0.2, 0) is 11.3 Å². The summed E-state index contributed by atoms with van der Waals surface area (Å²) in [5.74, 6) is 0.782. The van der Waals surface area contributed by atoms with Gasteiger partial charge >= 0.3 is 0 Å². The van der Waals surface area contributed by atoms with E-state index in [2.05, 4.69) is 9.97 Å². The largest absolute Gasteiger partial charge is 0.390 e. The number of aliphatic hydroxyl groups is 1. The summed E-state index contributed by atoms with van der Waals surface area (Å²) in [4.78, 5) is 7.07. The minimum atomic E-state index is -0.00680. The van der Waals surface area contributed by atoms with E-state index in [9.17, 15) is 0 Å². The molecule has 68 valence electrons. The van der Waals surface area contributed by atoms with E-state index < -0.39 is 0 Å². The third-order valence-electron chi connectivity index (χ3n) is 1.78. The topological polar surface area (TPSA) is 58.1 Å². The maximum Gasteiger partial charge on any atom is 0.135 e. The quantitative estimate of drug-likeness (QED) is 0.708. The van der Waals surface area contributed by atoms with Gasteiger partial charge in [-0.15, -0.1) is 0 Å². The van der Waals surface area contributed by atoms with Gasteiger partial charge in [-0.3, -0.25) is 0 Å². The Morgan fingerprint density at radius 3 is 2.92 bits per heavy atom. The van der Waals surface area contributed by atoms with Crippen molar-refractivity contribution in [2.45, 2.75) is 26.1 Å². The third-order valence-corrected chi connectivity index (χ3v) is 1.78. The number of rotatable bonds is 4. The Labute approximate surface area is 71.6 Å². The number of hydrogen-bond acceptors (Lipinski definition) is 3. The normalized spacial score (nSPS) is 13.2. The molecule has 1 atom stereocenters. The number of aromatic nitrogens is 2. The van der Waals surface area contributed by atoms with Gasteiger partial charge in [0.25, 0.3) is 0 Å². The molecule has 0 aromatic carbocycles. The summed E-state index contributed by atoms with van der Waals surface area (Å²) in [7, 11) is 1.65. The van der Waals surface area contributed by atoms with Crippen LogP contribution in [0.25, 0.3) is 0 Å². The van der Waals surface area contributed by atoms with Crippen molar-refractivity contribution < 1.29 is 9.84 Å². The highest BCUT2D eigenvalue weighted by Gasteiger charge is 2.10. The number of H-pyrrole nitrogens is 1. The first-order valence-corrected chi connectivity index (χ1v) is 3.99. The van der Waals surface area contributed by atoms with Crippen LogP contribution in [0.5, 0.6) is 0 Å². The van der Waals surface area contributed by atoms with Gasteiger partial charge < -0.3 is 14.8 Å². The summed E-state index contributed by atoms with van der Waals surface area (Å²) < 4.78 is 5.17. The number of aromatic amines is 1. The zero-order valence-corrected chi connectivity index (χ0v) is 7.37. The zero-order valence-electron chi connectivity index (χ0n) is 7.37. The Bertz CT molecular complexity index is 231. The van der Waals surface area contributed by atoms with Crippen LogP contribution in [0.2, 0.25) is 0 Å². The number of nitrogens with one attached hydrogen (secondary N) is 1. The second-order valence-corrected chi connectivity index (χ2v) is 2.58. The highest BCUT2D eigenvalue weighted by atomic mass is 16.5. The van der Waals surface area contributed by atoms with Crippen LogP contribution in [0.4, 0.5) is 0 Å². The van der Waals surface area contributed by atoms with E-state index in [4.69, 9.17) is 9.84 Å². The molecule has 0 fully saturated rings. The molecule has 1 aromatic rings. The monoisotopic (exact) mass is 170 g/mol. The fraction of sp³-hybridized carbons (Fsp3) is 0.625. The summed E-state index contributed by atoms with van der Waals surface area (Å²) >= 11 is 0. The number of nitrogens with zero attached hydrogens (tertiary/aromatic N) is 1. The van der Waals surface area contributed by atoms with Gasteiger partial charge in [-0.2, -0.15) is 0 Å². The summed E-state index contributed by atoms with van der Waals surface area (Å²) in [6.45, 7) is 2.02. The lowest BCUT2D eigenvalue weighted by Gasteiger charge is -2.08. The second-order valence-electron chi connectivity index (χ2n) is 2.58. The molecule has 0 aliphatic carbocycles. The predicted molar refractivity (Wildman–Crippen MR) is 44.6 cm³/mol. The van der Waals surface area contributed by atoms with Gasteiger partial charge in [-0.25, -0.2) is 4.98 Å². The van der Waals surface area contributed by atoms with Crippen molar-refractivity contribution >= 4 is 0 Å². The summed E-state index contributed by atoms with van der Waals surface area (Å²) in [5, 5.41) is 8.77. The average molecular weight is 170 g/mol. The van der Waals surface area contributed by atoms with Crippen molar-refractivity contribution in [3.05, 3.63) is 17.7 Å². The number of imidazole rings is 1. The fourth-order valence-corrected chi connectivity index (χ4v) is 1.09. The van der Waals surface area contributed by atoms with E-state index in [0.29, 0.717) is 0 Å². The van der Waals surface area contributed by atoms with E-state index in [1.807, 2.05) is 6.92 Å². The van der Waals surface area contributed by atoms with Gasteiger partial charge in [0.15, 0.2) is 0 Å². The third kappa shape index (κ3) is 1.84. The number of ether oxygens (including phenoxy) is 1. The fourth-order valence-electron chi connectivity index (χ4n) is 1.09. The molecule has 12 heavy (non-hydrogen) atoms. The lowest BCUT2D eigenvalue weighted by molar-refractivity contribution is 0.0931.